The monoisotopic (exact) mass is 770 g/mol. The van der Waals surface area contributed by atoms with E-state index in [0.29, 0.717) is 58.8 Å². The van der Waals surface area contributed by atoms with E-state index < -0.39 is 12.6 Å². The molecule has 1 heterocycles. The Kier molecular flexibility index (Phi) is 36.3. The number of piperidine rings is 1. The molecule has 0 aromatic carbocycles. The summed E-state index contributed by atoms with van der Waals surface area (Å²) in [5, 5.41) is 3.28. The number of ether oxygens (including phenoxy) is 6. The van der Waals surface area contributed by atoms with E-state index >= 15 is 0 Å². The summed E-state index contributed by atoms with van der Waals surface area (Å²) in [5.74, 6) is -0.532. The van der Waals surface area contributed by atoms with Crippen LogP contribution < -0.4 is 5.32 Å². The van der Waals surface area contributed by atoms with Gasteiger partial charge < -0.3 is 33.7 Å². The Labute approximate surface area is 332 Å². The number of hydrogen-bond acceptors (Lipinski definition) is 9. The Morgan fingerprint density at radius 1 is 0.444 bits per heavy atom. The Morgan fingerprint density at radius 3 is 1.02 bits per heavy atom. The van der Waals surface area contributed by atoms with Crippen molar-refractivity contribution in [3.05, 3.63) is 0 Å². The van der Waals surface area contributed by atoms with Crippen molar-refractivity contribution < 1.29 is 38.0 Å². The summed E-state index contributed by atoms with van der Waals surface area (Å²) in [6.07, 6.45) is 29.3. The van der Waals surface area contributed by atoms with E-state index in [-0.39, 0.29) is 37.0 Å². The number of carbonyl (C=O) groups excluding carboxylic acids is 2. The molecule has 0 unspecified atom stereocenters. The van der Waals surface area contributed by atoms with E-state index in [1.54, 1.807) is 0 Å². The number of nitrogens with one attached hydrogen (secondary N) is 1. The van der Waals surface area contributed by atoms with Crippen molar-refractivity contribution in [3.8, 4) is 0 Å². The highest BCUT2D eigenvalue weighted by atomic mass is 16.7. The van der Waals surface area contributed by atoms with Crippen molar-refractivity contribution in [3.63, 3.8) is 0 Å². The Balaban J connectivity index is 2.47. The van der Waals surface area contributed by atoms with Crippen LogP contribution in [-0.4, -0.2) is 76.2 Å². The van der Waals surface area contributed by atoms with Gasteiger partial charge in [0.2, 0.25) is 0 Å². The highest BCUT2D eigenvalue weighted by Crippen LogP contribution is 2.17. The normalized spacial score (nSPS) is 16.0. The summed E-state index contributed by atoms with van der Waals surface area (Å²) in [5.41, 5.74) is 0. The maximum absolute atomic E-state index is 12.9. The van der Waals surface area contributed by atoms with E-state index in [0.717, 1.165) is 51.4 Å². The predicted octanol–water partition coefficient (Wildman–Crippen LogP) is 11.5. The van der Waals surface area contributed by atoms with Gasteiger partial charge in [-0.15, -0.1) is 0 Å². The molecule has 0 aliphatic carbocycles. The summed E-state index contributed by atoms with van der Waals surface area (Å²) >= 11 is 0. The second-order valence-corrected chi connectivity index (χ2v) is 15.6. The first-order valence-electron chi connectivity index (χ1n) is 23.1. The molecule has 1 aliphatic rings. The summed E-state index contributed by atoms with van der Waals surface area (Å²) in [6, 6.07) is 0. The highest BCUT2D eigenvalue weighted by Gasteiger charge is 2.28. The number of rotatable bonds is 40. The molecule has 0 saturated carbocycles. The van der Waals surface area contributed by atoms with Gasteiger partial charge in [-0.1, -0.05) is 156 Å². The lowest BCUT2D eigenvalue weighted by Gasteiger charge is -2.30. The molecule has 0 amide bonds. The summed E-state index contributed by atoms with van der Waals surface area (Å²) < 4.78 is 36.1. The van der Waals surface area contributed by atoms with Crippen LogP contribution in [0.1, 0.15) is 214 Å². The van der Waals surface area contributed by atoms with Gasteiger partial charge in [-0.2, -0.15) is 0 Å². The van der Waals surface area contributed by atoms with Crippen LogP contribution in [0.2, 0.25) is 0 Å². The fourth-order valence-corrected chi connectivity index (χ4v) is 6.82. The average molecular weight is 770 g/mol. The van der Waals surface area contributed by atoms with Crippen molar-refractivity contribution in [2.45, 2.75) is 239 Å². The lowest BCUT2D eigenvalue weighted by atomic mass is 10.1. The lowest BCUT2D eigenvalue weighted by Crippen LogP contribution is -2.46. The van der Waals surface area contributed by atoms with Gasteiger partial charge in [0.15, 0.2) is 12.6 Å². The molecule has 0 radical (unpaired) electrons. The van der Waals surface area contributed by atoms with Gasteiger partial charge in [-0.05, 0) is 25.7 Å². The zero-order chi connectivity index (χ0) is 39.2. The van der Waals surface area contributed by atoms with Crippen molar-refractivity contribution >= 4 is 11.9 Å². The third-order valence-corrected chi connectivity index (χ3v) is 10.2. The number of unbranched alkanes of at least 4 members (excludes halogenated alkanes) is 20. The molecule has 54 heavy (non-hydrogen) atoms. The lowest BCUT2D eigenvalue weighted by molar-refractivity contribution is -0.168. The molecule has 1 fully saturated rings. The van der Waals surface area contributed by atoms with Crippen LogP contribution in [0.25, 0.3) is 0 Å². The average Bonchev–Trinajstić information content (AvgIpc) is 3.17. The van der Waals surface area contributed by atoms with E-state index in [1.807, 2.05) is 0 Å². The molecule has 0 aromatic rings. The van der Waals surface area contributed by atoms with Crippen molar-refractivity contribution in [1.82, 2.24) is 5.32 Å². The van der Waals surface area contributed by atoms with Gasteiger partial charge in [0.1, 0.15) is 12.2 Å². The highest BCUT2D eigenvalue weighted by molar-refractivity contribution is 5.70. The third-order valence-electron chi connectivity index (χ3n) is 10.2. The molecule has 2 atom stereocenters. The van der Waals surface area contributed by atoms with Crippen molar-refractivity contribution in [2.75, 3.05) is 39.5 Å². The van der Waals surface area contributed by atoms with E-state index in [4.69, 9.17) is 28.4 Å². The van der Waals surface area contributed by atoms with Gasteiger partial charge in [-0.3, -0.25) is 9.59 Å². The van der Waals surface area contributed by atoms with E-state index in [9.17, 15) is 9.59 Å². The molecule has 0 bridgehead atoms. The summed E-state index contributed by atoms with van der Waals surface area (Å²) in [4.78, 5) is 25.9. The molecular weight excluding hydrogens is 682 g/mol. The molecule has 1 rings (SSSR count). The number of hydrogen-bond donors (Lipinski definition) is 1. The van der Waals surface area contributed by atoms with Crippen LogP contribution in [0.5, 0.6) is 0 Å². The topological polar surface area (TPSA) is 102 Å². The molecule has 9 nitrogen and oxygen atoms in total. The molecule has 0 aromatic heterocycles. The first-order chi connectivity index (χ1) is 26.5. The fourth-order valence-electron chi connectivity index (χ4n) is 6.82. The maximum Gasteiger partial charge on any atom is 0.306 e. The molecule has 320 valence electrons. The largest absolute Gasteiger partial charge is 0.461 e. The molecule has 1 aliphatic heterocycles. The number of esters is 2. The first-order valence-corrected chi connectivity index (χ1v) is 23.1. The molecule has 9 heteroatoms. The Morgan fingerprint density at radius 2 is 0.722 bits per heavy atom. The van der Waals surface area contributed by atoms with Gasteiger partial charge >= 0.3 is 11.9 Å². The van der Waals surface area contributed by atoms with Crippen LogP contribution in [0.4, 0.5) is 0 Å². The van der Waals surface area contributed by atoms with E-state index in [1.165, 1.54) is 103 Å². The Hall–Kier alpha value is -1.26. The second-order valence-electron chi connectivity index (χ2n) is 15.6. The fraction of sp³-hybridized carbons (Fsp3) is 0.956. The quantitative estimate of drug-likeness (QED) is 0.0371. The van der Waals surface area contributed by atoms with Crippen LogP contribution >= 0.6 is 0 Å². The van der Waals surface area contributed by atoms with Crippen molar-refractivity contribution in [2.24, 2.45) is 0 Å². The molecule has 0 spiro atoms. The van der Waals surface area contributed by atoms with Crippen LogP contribution in [0.3, 0.4) is 0 Å². The van der Waals surface area contributed by atoms with Gasteiger partial charge in [0, 0.05) is 58.8 Å². The van der Waals surface area contributed by atoms with Gasteiger partial charge in [0.25, 0.3) is 0 Å². The molecular formula is C45H87NO8. The minimum absolute atomic E-state index is 0.234. The zero-order valence-electron chi connectivity index (χ0n) is 35.8. The molecule has 1 saturated heterocycles. The number of carbonyl (C=O) groups is 2. The minimum Gasteiger partial charge on any atom is -0.461 e. The standard InChI is InChI=1S/C45H87NO8/c1-5-9-13-17-21-25-33-49-44(50-34-26-22-18-14-10-6-2)31-29-42(47)53-40-37-41(39-46-38-40)54-43(48)30-32-45(51-35-27-23-19-15-11-7-3)52-36-28-24-20-16-12-8-4/h40-41,44-46H,5-39H2,1-4H3/t40-,41-/m1/s1. The maximum atomic E-state index is 12.9. The second kappa shape index (κ2) is 38.6. The third kappa shape index (κ3) is 31.9. The summed E-state index contributed by atoms with van der Waals surface area (Å²) in [6.45, 7) is 12.6. The molecule has 1 N–H and O–H groups in total. The summed E-state index contributed by atoms with van der Waals surface area (Å²) in [7, 11) is 0. The van der Waals surface area contributed by atoms with Gasteiger partial charge in [0.05, 0.1) is 12.8 Å². The minimum atomic E-state index is -0.393. The zero-order valence-corrected chi connectivity index (χ0v) is 35.8. The van der Waals surface area contributed by atoms with Gasteiger partial charge in [-0.25, -0.2) is 0 Å². The van der Waals surface area contributed by atoms with Crippen LogP contribution in [0, 0.1) is 0 Å². The van der Waals surface area contributed by atoms with Crippen LogP contribution in [-0.2, 0) is 38.0 Å². The smallest absolute Gasteiger partial charge is 0.306 e. The predicted molar refractivity (Wildman–Crippen MR) is 221 cm³/mol. The first kappa shape index (κ1) is 50.8. The van der Waals surface area contributed by atoms with Crippen LogP contribution in [0.15, 0.2) is 0 Å². The Bertz CT molecular complexity index is 729. The van der Waals surface area contributed by atoms with E-state index in [2.05, 4.69) is 33.0 Å². The van der Waals surface area contributed by atoms with Crippen molar-refractivity contribution in [1.29, 1.82) is 0 Å². The SMILES string of the molecule is CCCCCCCCOC(CCC(=O)O[C@H]1CNC[C@H](OC(=O)CCC(OCCCCCCCC)OCCCCCCCC)C1)OCCCCCCCC.